The molecule has 1 aliphatic carbocycles. The third kappa shape index (κ3) is 4.69. The van der Waals surface area contributed by atoms with E-state index in [9.17, 15) is 9.35 Å². The van der Waals surface area contributed by atoms with E-state index in [4.69, 9.17) is 16.0 Å². The Labute approximate surface area is 191 Å². The van der Waals surface area contributed by atoms with Crippen LogP contribution in [0.5, 0.6) is 0 Å². The second-order valence-electron chi connectivity index (χ2n) is 9.50. The van der Waals surface area contributed by atoms with Crippen LogP contribution in [0.4, 0.5) is 6.01 Å². The molecule has 2 saturated heterocycles. The summed E-state index contributed by atoms with van der Waals surface area (Å²) in [7, 11) is 0. The number of halogens is 1. The first-order valence-corrected chi connectivity index (χ1v) is 13.3. The van der Waals surface area contributed by atoms with Gasteiger partial charge in [0, 0.05) is 42.9 Å². The highest BCUT2D eigenvalue weighted by Gasteiger charge is 2.39. The highest BCUT2D eigenvalue weighted by atomic mass is 35.5. The van der Waals surface area contributed by atoms with E-state index in [-0.39, 0.29) is 11.8 Å². The smallest absolute Gasteiger partial charge is 0.298 e. The highest BCUT2D eigenvalue weighted by molar-refractivity contribution is 7.91. The Bertz CT molecular complexity index is 925. The van der Waals surface area contributed by atoms with Crippen LogP contribution in [0.1, 0.15) is 51.4 Å². The Hall–Kier alpha value is -1.44. The van der Waals surface area contributed by atoms with Gasteiger partial charge < -0.3 is 19.2 Å². The third-order valence-electron chi connectivity index (χ3n) is 7.58. The van der Waals surface area contributed by atoms with Crippen molar-refractivity contribution in [3.63, 3.8) is 0 Å². The molecule has 1 aromatic heterocycles. The van der Waals surface area contributed by atoms with Gasteiger partial charge in [0.25, 0.3) is 6.01 Å². The predicted molar refractivity (Wildman–Crippen MR) is 124 cm³/mol. The van der Waals surface area contributed by atoms with Gasteiger partial charge in [-0.2, -0.15) is 4.98 Å². The number of fused-ring (bicyclic) bond motifs is 1. The second-order valence-corrected chi connectivity index (χ2v) is 11.6. The number of nitrogens with zero attached hydrogens (tertiary/aromatic N) is 2. The number of aromatic nitrogens is 1. The summed E-state index contributed by atoms with van der Waals surface area (Å²) >= 11 is 5.35. The van der Waals surface area contributed by atoms with Crippen LogP contribution >= 0.6 is 11.6 Å². The average molecular weight is 464 g/mol. The van der Waals surface area contributed by atoms with Crippen molar-refractivity contribution in [1.82, 2.24) is 10.3 Å². The lowest BCUT2D eigenvalue weighted by Crippen LogP contribution is -2.47. The topological polar surface area (TPSA) is 81.4 Å². The summed E-state index contributed by atoms with van der Waals surface area (Å²) in [4.78, 5) is 19.5. The molecule has 5 rings (SSSR count). The van der Waals surface area contributed by atoms with Gasteiger partial charge in [0.2, 0.25) is 5.91 Å². The van der Waals surface area contributed by atoms with Crippen molar-refractivity contribution in [2.45, 2.75) is 57.4 Å². The summed E-state index contributed by atoms with van der Waals surface area (Å²) in [5.41, 5.74) is 1.97. The van der Waals surface area contributed by atoms with Gasteiger partial charge in [-0.3, -0.25) is 4.79 Å². The van der Waals surface area contributed by atoms with E-state index < -0.39 is 11.2 Å². The number of amides is 1. The molecule has 1 aromatic carbocycles. The van der Waals surface area contributed by atoms with Crippen LogP contribution in [-0.4, -0.2) is 46.1 Å². The molecule has 3 aliphatic rings. The molecule has 1 saturated carbocycles. The van der Waals surface area contributed by atoms with Gasteiger partial charge >= 0.3 is 0 Å². The van der Waals surface area contributed by atoms with Gasteiger partial charge in [-0.05, 0) is 62.1 Å². The number of benzene rings is 1. The van der Waals surface area contributed by atoms with E-state index in [2.05, 4.69) is 15.2 Å². The zero-order chi connectivity index (χ0) is 21.4. The van der Waals surface area contributed by atoms with Crippen LogP contribution in [-0.2, 0) is 16.0 Å². The molecule has 31 heavy (non-hydrogen) atoms. The average Bonchev–Trinajstić information content (AvgIpc) is 3.19. The van der Waals surface area contributed by atoms with Gasteiger partial charge in [0.15, 0.2) is 5.58 Å². The Morgan fingerprint density at radius 3 is 2.58 bits per heavy atom. The minimum atomic E-state index is -0.716. The van der Waals surface area contributed by atoms with Crippen LogP contribution in [0.25, 0.3) is 11.1 Å². The molecule has 1 amide bonds. The number of piperidine rings is 1. The van der Waals surface area contributed by atoms with E-state index in [1.807, 2.05) is 18.2 Å². The van der Waals surface area contributed by atoms with Gasteiger partial charge in [0.05, 0.1) is 0 Å². The number of rotatable bonds is 3. The second kappa shape index (κ2) is 8.83. The van der Waals surface area contributed by atoms with Crippen LogP contribution in [0.2, 0.25) is 5.02 Å². The number of nitrogens with one attached hydrogen (secondary N) is 1. The Morgan fingerprint density at radius 2 is 1.87 bits per heavy atom. The van der Waals surface area contributed by atoms with Gasteiger partial charge in [-0.15, -0.1) is 0 Å². The van der Waals surface area contributed by atoms with Crippen molar-refractivity contribution in [3.8, 4) is 0 Å². The molecule has 1 N–H and O–H groups in total. The number of oxazole rings is 1. The maximum atomic E-state index is 12.6. The molecular formula is C23H30ClN3O3S. The number of hydrogen-bond acceptors (Lipinski definition) is 5. The van der Waals surface area contributed by atoms with Gasteiger partial charge in [0.1, 0.15) is 17.0 Å². The predicted octanol–water partition coefficient (Wildman–Crippen LogP) is 4.29. The molecule has 6 nitrogen and oxygen atoms in total. The van der Waals surface area contributed by atoms with E-state index in [0.29, 0.717) is 34.0 Å². The Kier molecular flexibility index (Phi) is 6.10. The molecule has 0 atom stereocenters. The van der Waals surface area contributed by atoms with Crippen LogP contribution < -0.4 is 10.2 Å². The lowest BCUT2D eigenvalue weighted by atomic mass is 9.67. The lowest BCUT2D eigenvalue weighted by molar-refractivity contribution is -0.126. The summed E-state index contributed by atoms with van der Waals surface area (Å²) in [5, 5.41) is 3.97. The van der Waals surface area contributed by atoms with Crippen LogP contribution in [0, 0.1) is 11.3 Å². The molecule has 0 unspecified atom stereocenters. The first-order valence-electron chi connectivity index (χ1n) is 11.5. The standard InChI is InChI=1S/C23H30ClN3O3S/c24-17-1-2-20-19(15-17)26-22(30-20)27-11-9-23(10-12-27)7-3-18(4-8-23)25-21(28)16-5-13-31(29)14-6-16/h1-2,15-16,18H,3-14H2,(H,25,28). The monoisotopic (exact) mass is 463 g/mol. The molecule has 3 fully saturated rings. The van der Waals surface area contributed by atoms with Crippen molar-refractivity contribution < 1.29 is 13.8 Å². The molecule has 2 aromatic rings. The lowest BCUT2D eigenvalue weighted by Gasteiger charge is -2.45. The van der Waals surface area contributed by atoms with Crippen molar-refractivity contribution >= 4 is 45.8 Å². The minimum Gasteiger partial charge on any atom is -0.616 e. The number of carbonyl (C=O) groups excluding carboxylic acids is 1. The van der Waals surface area contributed by atoms with Crippen molar-refractivity contribution in [3.05, 3.63) is 23.2 Å². The number of anilines is 1. The maximum absolute atomic E-state index is 12.6. The summed E-state index contributed by atoms with van der Waals surface area (Å²) in [5.74, 6) is 1.59. The van der Waals surface area contributed by atoms with Gasteiger partial charge in [-0.1, -0.05) is 22.8 Å². The fourth-order valence-electron chi connectivity index (χ4n) is 5.45. The first-order chi connectivity index (χ1) is 15.0. The zero-order valence-corrected chi connectivity index (χ0v) is 19.3. The van der Waals surface area contributed by atoms with E-state index in [0.717, 1.165) is 62.7 Å². The van der Waals surface area contributed by atoms with E-state index >= 15 is 0 Å². The van der Waals surface area contributed by atoms with Crippen molar-refractivity contribution in [2.24, 2.45) is 11.3 Å². The summed E-state index contributed by atoms with van der Waals surface area (Å²) in [6.07, 6.45) is 8.29. The van der Waals surface area contributed by atoms with Crippen LogP contribution in [0.3, 0.4) is 0 Å². The van der Waals surface area contributed by atoms with E-state index in [1.165, 1.54) is 12.8 Å². The Balaban J connectivity index is 1.12. The number of hydrogen-bond donors (Lipinski definition) is 1. The van der Waals surface area contributed by atoms with Gasteiger partial charge in [-0.25, -0.2) is 0 Å². The maximum Gasteiger partial charge on any atom is 0.298 e. The van der Waals surface area contributed by atoms with Crippen LogP contribution in [0.15, 0.2) is 22.6 Å². The summed E-state index contributed by atoms with van der Waals surface area (Å²) < 4.78 is 17.5. The molecule has 3 heterocycles. The minimum absolute atomic E-state index is 0.0583. The zero-order valence-electron chi connectivity index (χ0n) is 17.8. The van der Waals surface area contributed by atoms with Crippen molar-refractivity contribution in [1.29, 1.82) is 0 Å². The molecule has 0 radical (unpaired) electrons. The molecular weight excluding hydrogens is 434 g/mol. The molecule has 8 heteroatoms. The third-order valence-corrected chi connectivity index (χ3v) is 9.20. The normalized spacial score (nSPS) is 27.0. The van der Waals surface area contributed by atoms with E-state index in [1.54, 1.807) is 0 Å². The fourth-order valence-corrected chi connectivity index (χ4v) is 6.91. The Morgan fingerprint density at radius 1 is 1.16 bits per heavy atom. The highest BCUT2D eigenvalue weighted by Crippen LogP contribution is 2.45. The molecule has 0 bridgehead atoms. The fraction of sp³-hybridized carbons (Fsp3) is 0.652. The summed E-state index contributed by atoms with van der Waals surface area (Å²) in [6.45, 7) is 1.91. The summed E-state index contributed by atoms with van der Waals surface area (Å²) in [6, 6.07) is 6.54. The SMILES string of the molecule is O=C(NC1CCC2(CC1)CCN(c1nc3cc(Cl)ccc3o1)CC2)C1CC[S+]([O-])CC1. The molecule has 2 aliphatic heterocycles. The molecule has 168 valence electrons. The molecule has 1 spiro atoms. The first kappa shape index (κ1) is 21.4. The largest absolute Gasteiger partial charge is 0.616 e. The quantitative estimate of drug-likeness (QED) is 0.687. The van der Waals surface area contributed by atoms with Crippen molar-refractivity contribution in [2.75, 3.05) is 29.5 Å². The number of carbonyl (C=O) groups is 1.